The largest absolute Gasteiger partial charge is 0.444 e. The molecule has 7 rings (SSSR count). The molecule has 1 amide bonds. The van der Waals surface area contributed by atoms with Gasteiger partial charge in [0.05, 0.1) is 28.1 Å². The number of nitrogens with zero attached hydrogens (tertiary/aromatic N) is 3. The van der Waals surface area contributed by atoms with E-state index in [0.717, 1.165) is 63.2 Å². The molecule has 41 heavy (non-hydrogen) atoms. The standard InChI is InChI=1S/C34H33N5O2/c1-20-35-27-15-13-21(18-29(27)36-20)23-8-5-11-26-24(9-6-10-25(23)26)22-14-16-28-30(19-22)38-32(37-28)31-12-7-17-39(31)33(40)41-34(2,3)4/h5-6,8-11,13-16,18-19,31H,7,12,17H2,1-4H3,(H,35,36)(H,37,38)/t31-/m0/s1. The lowest BCUT2D eigenvalue weighted by Gasteiger charge is -2.27. The summed E-state index contributed by atoms with van der Waals surface area (Å²) in [6, 6.07) is 25.6. The van der Waals surface area contributed by atoms with E-state index < -0.39 is 5.60 Å². The summed E-state index contributed by atoms with van der Waals surface area (Å²) < 4.78 is 5.67. The van der Waals surface area contributed by atoms with Crippen LogP contribution in [0, 0.1) is 6.92 Å². The molecule has 1 atom stereocenters. The molecule has 0 unspecified atom stereocenters. The van der Waals surface area contributed by atoms with Crippen LogP contribution in [-0.2, 0) is 4.74 Å². The van der Waals surface area contributed by atoms with Crippen molar-refractivity contribution >= 4 is 38.9 Å². The fourth-order valence-corrected chi connectivity index (χ4v) is 6.06. The molecule has 0 spiro atoms. The Hall–Kier alpha value is -4.65. The number of rotatable bonds is 3. The molecule has 6 aromatic rings. The minimum Gasteiger partial charge on any atom is -0.444 e. The Morgan fingerprint density at radius 2 is 1.46 bits per heavy atom. The first-order chi connectivity index (χ1) is 19.7. The van der Waals surface area contributed by atoms with Crippen LogP contribution < -0.4 is 0 Å². The second kappa shape index (κ2) is 9.47. The number of H-pyrrole nitrogens is 2. The van der Waals surface area contributed by atoms with Gasteiger partial charge in [0.15, 0.2) is 0 Å². The van der Waals surface area contributed by atoms with Gasteiger partial charge >= 0.3 is 6.09 Å². The summed E-state index contributed by atoms with van der Waals surface area (Å²) in [4.78, 5) is 31.0. The van der Waals surface area contributed by atoms with Crippen LogP contribution in [0.1, 0.15) is 51.3 Å². The minimum atomic E-state index is -0.532. The first-order valence-electron chi connectivity index (χ1n) is 14.2. The summed E-state index contributed by atoms with van der Waals surface area (Å²) in [7, 11) is 0. The van der Waals surface area contributed by atoms with E-state index in [1.807, 2.05) is 27.7 Å². The van der Waals surface area contributed by atoms with Crippen LogP contribution in [-0.4, -0.2) is 43.1 Å². The number of carbonyl (C=O) groups excluding carboxylic acids is 1. The van der Waals surface area contributed by atoms with Crippen LogP contribution in [0.15, 0.2) is 72.8 Å². The maximum Gasteiger partial charge on any atom is 0.410 e. The Balaban J connectivity index is 1.25. The van der Waals surface area contributed by atoms with Gasteiger partial charge in [-0.25, -0.2) is 14.8 Å². The number of benzene rings is 4. The number of aromatic nitrogens is 4. The molecule has 1 aliphatic rings. The summed E-state index contributed by atoms with van der Waals surface area (Å²) in [5.74, 6) is 1.73. The SMILES string of the molecule is Cc1nc2ccc(-c3cccc4c(-c5ccc6nc([C@@H]7CCCN7C(=O)OC(C)(C)C)[nH]c6c5)cccc34)cc2[nH]1. The van der Waals surface area contributed by atoms with Gasteiger partial charge in [0.1, 0.15) is 17.2 Å². The number of ether oxygens (including phenoxy) is 1. The fourth-order valence-electron chi connectivity index (χ4n) is 6.06. The van der Waals surface area contributed by atoms with Crippen molar-refractivity contribution in [1.82, 2.24) is 24.8 Å². The van der Waals surface area contributed by atoms with E-state index in [9.17, 15) is 4.79 Å². The smallest absolute Gasteiger partial charge is 0.410 e. The van der Waals surface area contributed by atoms with Gasteiger partial charge in [-0.3, -0.25) is 4.90 Å². The third kappa shape index (κ3) is 4.61. The van der Waals surface area contributed by atoms with Gasteiger partial charge in [-0.05, 0) is 97.8 Å². The molecule has 0 aliphatic carbocycles. The Morgan fingerprint density at radius 1 is 0.854 bits per heavy atom. The first-order valence-corrected chi connectivity index (χ1v) is 14.2. The maximum atomic E-state index is 12.9. The lowest BCUT2D eigenvalue weighted by molar-refractivity contribution is 0.0219. The molecule has 0 bridgehead atoms. The summed E-state index contributed by atoms with van der Waals surface area (Å²) in [6.45, 7) is 8.34. The Labute approximate surface area is 238 Å². The average Bonchev–Trinajstić information content (AvgIpc) is 3.67. The normalized spacial score (nSPS) is 15.8. The molecule has 2 aromatic heterocycles. The quantitative estimate of drug-likeness (QED) is 0.235. The highest BCUT2D eigenvalue weighted by atomic mass is 16.6. The number of aryl methyl sites for hydroxylation is 1. The van der Waals surface area contributed by atoms with E-state index in [4.69, 9.17) is 9.72 Å². The highest BCUT2D eigenvalue weighted by Gasteiger charge is 2.35. The third-order valence-electron chi connectivity index (χ3n) is 7.84. The average molecular weight is 544 g/mol. The number of hydrogen-bond donors (Lipinski definition) is 2. The zero-order valence-corrected chi connectivity index (χ0v) is 23.8. The van der Waals surface area contributed by atoms with Crippen molar-refractivity contribution in [2.24, 2.45) is 0 Å². The molecule has 1 fully saturated rings. The summed E-state index contributed by atoms with van der Waals surface area (Å²) in [6.07, 6.45) is 1.51. The maximum absolute atomic E-state index is 12.9. The lowest BCUT2D eigenvalue weighted by atomic mass is 9.93. The van der Waals surface area contributed by atoms with Crippen molar-refractivity contribution in [3.8, 4) is 22.3 Å². The summed E-state index contributed by atoms with van der Waals surface area (Å²) in [5, 5.41) is 2.39. The van der Waals surface area contributed by atoms with Gasteiger partial charge < -0.3 is 14.7 Å². The molecule has 7 heteroatoms. The highest BCUT2D eigenvalue weighted by molar-refractivity contribution is 6.05. The van der Waals surface area contributed by atoms with Crippen LogP contribution in [0.4, 0.5) is 4.79 Å². The molecule has 2 N–H and O–H groups in total. The second-order valence-corrected chi connectivity index (χ2v) is 11.9. The molecular weight excluding hydrogens is 510 g/mol. The highest BCUT2D eigenvalue weighted by Crippen LogP contribution is 2.37. The van der Waals surface area contributed by atoms with Crippen LogP contribution in [0.3, 0.4) is 0 Å². The van der Waals surface area contributed by atoms with Crippen molar-refractivity contribution in [3.05, 3.63) is 84.4 Å². The van der Waals surface area contributed by atoms with E-state index in [1.54, 1.807) is 4.90 Å². The molecule has 7 nitrogen and oxygen atoms in total. The number of fused-ring (bicyclic) bond motifs is 3. The second-order valence-electron chi connectivity index (χ2n) is 11.9. The molecule has 206 valence electrons. The number of carbonyl (C=O) groups is 1. The van der Waals surface area contributed by atoms with Gasteiger partial charge in [-0.15, -0.1) is 0 Å². The lowest BCUT2D eigenvalue weighted by Crippen LogP contribution is -2.36. The van der Waals surface area contributed by atoms with E-state index in [1.165, 1.54) is 16.3 Å². The Kier molecular flexibility index (Phi) is 5.85. The van der Waals surface area contributed by atoms with E-state index >= 15 is 0 Å². The molecule has 4 aromatic carbocycles. The van der Waals surface area contributed by atoms with Crippen molar-refractivity contribution in [2.45, 2.75) is 52.2 Å². The fraction of sp³-hybridized carbons (Fsp3) is 0.265. The van der Waals surface area contributed by atoms with Gasteiger partial charge in [0, 0.05) is 6.54 Å². The Bertz CT molecular complexity index is 1940. The van der Waals surface area contributed by atoms with E-state index in [2.05, 4.69) is 87.7 Å². The molecule has 0 radical (unpaired) electrons. The molecule has 1 aliphatic heterocycles. The van der Waals surface area contributed by atoms with Crippen molar-refractivity contribution < 1.29 is 9.53 Å². The van der Waals surface area contributed by atoms with Crippen LogP contribution >= 0.6 is 0 Å². The summed E-state index contributed by atoms with van der Waals surface area (Å²) in [5.41, 5.74) is 7.96. The van der Waals surface area contributed by atoms with Gasteiger partial charge in [0.2, 0.25) is 0 Å². The van der Waals surface area contributed by atoms with Gasteiger partial charge in [0.25, 0.3) is 0 Å². The number of amides is 1. The number of aromatic amines is 2. The molecule has 0 saturated carbocycles. The predicted octanol–water partition coefficient (Wildman–Crippen LogP) is 8.31. The zero-order chi connectivity index (χ0) is 28.3. The van der Waals surface area contributed by atoms with Crippen LogP contribution in [0.5, 0.6) is 0 Å². The third-order valence-corrected chi connectivity index (χ3v) is 7.84. The Morgan fingerprint density at radius 3 is 2.10 bits per heavy atom. The van der Waals surface area contributed by atoms with Crippen molar-refractivity contribution in [1.29, 1.82) is 0 Å². The monoisotopic (exact) mass is 543 g/mol. The number of imidazole rings is 2. The van der Waals surface area contributed by atoms with Crippen LogP contribution in [0.2, 0.25) is 0 Å². The number of nitrogens with one attached hydrogen (secondary N) is 2. The van der Waals surface area contributed by atoms with E-state index in [0.29, 0.717) is 6.54 Å². The topological polar surface area (TPSA) is 86.9 Å². The zero-order valence-electron chi connectivity index (χ0n) is 23.8. The van der Waals surface area contributed by atoms with Gasteiger partial charge in [-0.2, -0.15) is 0 Å². The molecule has 3 heterocycles. The van der Waals surface area contributed by atoms with Crippen molar-refractivity contribution in [3.63, 3.8) is 0 Å². The molecular formula is C34H33N5O2. The number of hydrogen-bond acceptors (Lipinski definition) is 4. The van der Waals surface area contributed by atoms with Crippen LogP contribution in [0.25, 0.3) is 55.1 Å². The molecule has 1 saturated heterocycles. The summed E-state index contributed by atoms with van der Waals surface area (Å²) >= 11 is 0. The van der Waals surface area contributed by atoms with Gasteiger partial charge in [-0.1, -0.05) is 48.5 Å². The first kappa shape index (κ1) is 25.3. The predicted molar refractivity (Wildman–Crippen MR) is 164 cm³/mol. The number of likely N-dealkylation sites (tertiary alicyclic amines) is 1. The van der Waals surface area contributed by atoms with Crippen molar-refractivity contribution in [2.75, 3.05) is 6.54 Å². The minimum absolute atomic E-state index is 0.114. The van der Waals surface area contributed by atoms with E-state index in [-0.39, 0.29) is 12.1 Å².